The molecule has 0 aliphatic heterocycles. The van der Waals surface area contributed by atoms with Gasteiger partial charge in [-0.1, -0.05) is 6.92 Å². The summed E-state index contributed by atoms with van der Waals surface area (Å²) in [7, 11) is 3.88. The molecule has 5 heteroatoms. The van der Waals surface area contributed by atoms with Gasteiger partial charge in [-0.25, -0.2) is 0 Å². The van der Waals surface area contributed by atoms with Crippen molar-refractivity contribution in [2.75, 3.05) is 44.8 Å². The Morgan fingerprint density at radius 1 is 1.40 bits per heavy atom. The predicted octanol–water partition coefficient (Wildman–Crippen LogP) is 1.78. The quantitative estimate of drug-likeness (QED) is 0.634. The molecule has 1 aromatic rings. The number of nitrogens with one attached hydrogen (secondary N) is 1. The Morgan fingerprint density at radius 3 is 2.70 bits per heavy atom. The third-order valence-corrected chi connectivity index (χ3v) is 2.81. The summed E-state index contributed by atoms with van der Waals surface area (Å²) in [6.45, 7) is 5.56. The molecule has 0 amide bonds. The molecule has 0 aliphatic carbocycles. The van der Waals surface area contributed by atoms with Gasteiger partial charge >= 0.3 is 0 Å². The highest BCUT2D eigenvalue weighted by atomic mass is 16.5. The molecule has 0 aromatic heterocycles. The van der Waals surface area contributed by atoms with E-state index in [9.17, 15) is 5.11 Å². The van der Waals surface area contributed by atoms with E-state index in [1.165, 1.54) is 0 Å². The molecule has 1 unspecified atom stereocenters. The summed E-state index contributed by atoms with van der Waals surface area (Å²) < 4.78 is 5.59. The number of anilines is 2. The molecule has 0 heterocycles. The second-order valence-electron chi connectivity index (χ2n) is 5.69. The number of rotatable bonds is 8. The summed E-state index contributed by atoms with van der Waals surface area (Å²) in [4.78, 5) is 1.96. The highest BCUT2D eigenvalue weighted by Gasteiger charge is 2.21. The van der Waals surface area contributed by atoms with Crippen LogP contribution in [0.5, 0.6) is 5.75 Å². The van der Waals surface area contributed by atoms with Gasteiger partial charge in [-0.05, 0) is 39.6 Å². The van der Waals surface area contributed by atoms with Crippen molar-refractivity contribution in [2.45, 2.75) is 25.9 Å². The molecule has 1 aromatic carbocycles. The number of nitrogens with zero attached hydrogens (tertiary/aromatic N) is 1. The molecule has 1 rings (SSSR count). The zero-order valence-corrected chi connectivity index (χ0v) is 12.9. The molecule has 0 saturated carbocycles. The fraction of sp³-hybridized carbons (Fsp3) is 0.600. The first-order valence-electron chi connectivity index (χ1n) is 6.97. The zero-order chi connectivity index (χ0) is 15.2. The van der Waals surface area contributed by atoms with Crippen LogP contribution in [-0.4, -0.2) is 49.4 Å². The van der Waals surface area contributed by atoms with E-state index in [1.54, 1.807) is 0 Å². The number of nitrogen functional groups attached to an aromatic ring is 1. The first-order chi connectivity index (χ1) is 9.34. The van der Waals surface area contributed by atoms with Crippen LogP contribution in [0.4, 0.5) is 11.4 Å². The first kappa shape index (κ1) is 16.6. The van der Waals surface area contributed by atoms with E-state index < -0.39 is 5.60 Å². The fourth-order valence-corrected chi connectivity index (χ4v) is 2.01. The van der Waals surface area contributed by atoms with Crippen LogP contribution in [0.2, 0.25) is 0 Å². The molecule has 0 aliphatic rings. The normalized spacial score (nSPS) is 14.1. The Kier molecular flexibility index (Phi) is 6.10. The van der Waals surface area contributed by atoms with Crippen LogP contribution in [0, 0.1) is 0 Å². The van der Waals surface area contributed by atoms with E-state index >= 15 is 0 Å². The molecular formula is C15H27N3O2. The predicted molar refractivity (Wildman–Crippen MR) is 84.3 cm³/mol. The van der Waals surface area contributed by atoms with Gasteiger partial charge in [0.25, 0.3) is 0 Å². The summed E-state index contributed by atoms with van der Waals surface area (Å²) in [6, 6.07) is 5.57. The van der Waals surface area contributed by atoms with Crippen LogP contribution in [-0.2, 0) is 0 Å². The minimum atomic E-state index is -0.796. The monoisotopic (exact) mass is 281 g/mol. The minimum absolute atomic E-state index is 0.461. The Labute approximate surface area is 121 Å². The Morgan fingerprint density at radius 2 is 2.10 bits per heavy atom. The number of aliphatic hydroxyl groups is 1. The van der Waals surface area contributed by atoms with Crippen molar-refractivity contribution < 1.29 is 9.84 Å². The zero-order valence-electron chi connectivity index (χ0n) is 12.9. The number of likely N-dealkylation sites (N-methyl/N-ethyl adjacent to an activating group) is 1. The Hall–Kier alpha value is -1.46. The molecule has 0 saturated heterocycles. The lowest BCUT2D eigenvalue weighted by Crippen LogP contribution is -2.43. The summed E-state index contributed by atoms with van der Waals surface area (Å²) in [5.74, 6) is 0.684. The van der Waals surface area contributed by atoms with Gasteiger partial charge in [-0.2, -0.15) is 0 Å². The maximum absolute atomic E-state index is 10.3. The maximum atomic E-state index is 10.3. The van der Waals surface area contributed by atoms with Crippen LogP contribution in [0.3, 0.4) is 0 Å². The van der Waals surface area contributed by atoms with Crippen molar-refractivity contribution >= 4 is 11.4 Å². The minimum Gasteiger partial charge on any atom is -0.491 e. The van der Waals surface area contributed by atoms with Gasteiger partial charge in [0.1, 0.15) is 5.75 Å². The SMILES string of the molecule is CCCOc1cc(NCC(C)(O)CN(C)C)ccc1N. The van der Waals surface area contributed by atoms with Gasteiger partial charge in [-0.15, -0.1) is 0 Å². The fourth-order valence-electron chi connectivity index (χ4n) is 2.01. The van der Waals surface area contributed by atoms with E-state index in [0.717, 1.165) is 12.1 Å². The van der Waals surface area contributed by atoms with E-state index in [4.69, 9.17) is 10.5 Å². The summed E-state index contributed by atoms with van der Waals surface area (Å²) >= 11 is 0. The third kappa shape index (κ3) is 5.67. The summed E-state index contributed by atoms with van der Waals surface area (Å²) in [5, 5.41) is 13.5. The van der Waals surface area contributed by atoms with Crippen molar-refractivity contribution in [3.05, 3.63) is 18.2 Å². The van der Waals surface area contributed by atoms with E-state index in [0.29, 0.717) is 31.1 Å². The van der Waals surface area contributed by atoms with Crippen molar-refractivity contribution in [2.24, 2.45) is 0 Å². The Bertz CT molecular complexity index is 420. The molecule has 0 spiro atoms. The maximum Gasteiger partial charge on any atom is 0.144 e. The number of hydrogen-bond acceptors (Lipinski definition) is 5. The molecular weight excluding hydrogens is 254 g/mol. The molecule has 20 heavy (non-hydrogen) atoms. The van der Waals surface area contributed by atoms with Gasteiger partial charge in [0, 0.05) is 24.8 Å². The van der Waals surface area contributed by atoms with Crippen LogP contribution in [0.1, 0.15) is 20.3 Å². The molecule has 1 atom stereocenters. The molecule has 4 N–H and O–H groups in total. The Balaban J connectivity index is 2.64. The third-order valence-electron chi connectivity index (χ3n) is 2.81. The lowest BCUT2D eigenvalue weighted by molar-refractivity contribution is 0.0460. The van der Waals surface area contributed by atoms with Crippen molar-refractivity contribution in [1.82, 2.24) is 4.90 Å². The second kappa shape index (κ2) is 7.36. The standard InChI is InChI=1S/C15H27N3O2/c1-5-8-20-14-9-12(6-7-13(14)16)17-10-15(2,19)11-18(3)4/h6-7,9,17,19H,5,8,10-11,16H2,1-4H3. The molecule has 0 fully saturated rings. The largest absolute Gasteiger partial charge is 0.491 e. The van der Waals surface area contributed by atoms with Crippen LogP contribution >= 0.6 is 0 Å². The lowest BCUT2D eigenvalue weighted by atomic mass is 10.1. The molecule has 0 bridgehead atoms. The number of ether oxygens (including phenoxy) is 1. The molecule has 0 radical (unpaired) electrons. The van der Waals surface area contributed by atoms with Crippen LogP contribution in [0.15, 0.2) is 18.2 Å². The average molecular weight is 281 g/mol. The first-order valence-corrected chi connectivity index (χ1v) is 6.97. The summed E-state index contributed by atoms with van der Waals surface area (Å²) in [5.41, 5.74) is 6.59. The van der Waals surface area contributed by atoms with Crippen LogP contribution in [0.25, 0.3) is 0 Å². The van der Waals surface area contributed by atoms with Gasteiger partial charge in [0.2, 0.25) is 0 Å². The van der Waals surface area contributed by atoms with Gasteiger partial charge < -0.3 is 25.8 Å². The summed E-state index contributed by atoms with van der Waals surface area (Å²) in [6.07, 6.45) is 0.939. The smallest absolute Gasteiger partial charge is 0.144 e. The highest BCUT2D eigenvalue weighted by Crippen LogP contribution is 2.26. The number of nitrogens with two attached hydrogens (primary N) is 1. The van der Waals surface area contributed by atoms with Crippen molar-refractivity contribution in [3.63, 3.8) is 0 Å². The van der Waals surface area contributed by atoms with E-state index in [2.05, 4.69) is 12.2 Å². The molecule has 5 nitrogen and oxygen atoms in total. The molecule has 114 valence electrons. The van der Waals surface area contributed by atoms with Crippen molar-refractivity contribution in [3.8, 4) is 5.75 Å². The van der Waals surface area contributed by atoms with Crippen LogP contribution < -0.4 is 15.8 Å². The topological polar surface area (TPSA) is 70.8 Å². The number of hydrogen-bond donors (Lipinski definition) is 3. The highest BCUT2D eigenvalue weighted by molar-refractivity contribution is 5.61. The van der Waals surface area contributed by atoms with Gasteiger partial charge in [-0.3, -0.25) is 0 Å². The van der Waals surface area contributed by atoms with E-state index in [1.807, 2.05) is 44.1 Å². The number of benzene rings is 1. The van der Waals surface area contributed by atoms with E-state index in [-0.39, 0.29) is 0 Å². The second-order valence-corrected chi connectivity index (χ2v) is 5.69. The van der Waals surface area contributed by atoms with Gasteiger partial charge in [0.05, 0.1) is 17.9 Å². The van der Waals surface area contributed by atoms with Crippen molar-refractivity contribution in [1.29, 1.82) is 0 Å². The van der Waals surface area contributed by atoms with Gasteiger partial charge in [0.15, 0.2) is 0 Å². The average Bonchev–Trinajstić information content (AvgIpc) is 2.35. The lowest BCUT2D eigenvalue weighted by Gasteiger charge is -2.27.